The number of imidazole rings is 1. The van der Waals surface area contributed by atoms with E-state index in [9.17, 15) is 0 Å². The monoisotopic (exact) mass is 904 g/mol. The van der Waals surface area contributed by atoms with Gasteiger partial charge in [-0.15, -0.1) is 29.7 Å². The topological polar surface area (TPSA) is 49.0 Å². The maximum atomic E-state index is 8.00. The SMILES string of the molecule is [2H]C([2H])([2H])c1ccnc(-n2c3[c-]c(Oc4[c-]c(-n5[c-][n+](-c6c(-c7ccccc7)ccc7oc8ccccc8c67)c6ccccc65)ccc4)ccc3c3ccccc32)c1.[Pt]. The Morgan fingerprint density at radius 3 is 2.36 bits per heavy atom. The zero-order valence-electron chi connectivity index (χ0n) is 32.5. The molecular formula is C49H30N4O2Pt-2. The molecule has 0 aliphatic carbocycles. The van der Waals surface area contributed by atoms with Crippen LogP contribution in [-0.4, -0.2) is 14.1 Å². The van der Waals surface area contributed by atoms with Crippen molar-refractivity contribution in [3.05, 3.63) is 188 Å². The van der Waals surface area contributed by atoms with Crippen molar-refractivity contribution >= 4 is 54.8 Å². The van der Waals surface area contributed by atoms with E-state index in [-0.39, 0.29) is 26.6 Å². The summed E-state index contributed by atoms with van der Waals surface area (Å²) >= 11 is 0. The third-order valence-corrected chi connectivity index (χ3v) is 10.1. The molecule has 0 radical (unpaired) electrons. The molecule has 6 nitrogen and oxygen atoms in total. The smallest absolute Gasteiger partial charge is 0.268 e. The van der Waals surface area contributed by atoms with Gasteiger partial charge in [0, 0.05) is 59.2 Å². The van der Waals surface area contributed by atoms with Crippen LogP contribution in [-0.2, 0) is 21.1 Å². The van der Waals surface area contributed by atoms with E-state index in [1.807, 2.05) is 106 Å². The second-order valence-electron chi connectivity index (χ2n) is 13.4. The second-order valence-corrected chi connectivity index (χ2v) is 13.4. The van der Waals surface area contributed by atoms with E-state index in [1.54, 1.807) is 6.07 Å². The van der Waals surface area contributed by atoms with Crippen LogP contribution in [0.15, 0.2) is 168 Å². The summed E-state index contributed by atoms with van der Waals surface area (Å²) in [6, 6.07) is 58.7. The van der Waals surface area contributed by atoms with Crippen LogP contribution in [0.1, 0.15) is 9.68 Å². The van der Waals surface area contributed by atoms with Gasteiger partial charge in [-0.3, -0.25) is 4.57 Å². The van der Waals surface area contributed by atoms with Gasteiger partial charge in [0.1, 0.15) is 17.0 Å². The molecule has 0 saturated carbocycles. The Morgan fingerprint density at radius 1 is 0.679 bits per heavy atom. The number of fused-ring (bicyclic) bond motifs is 7. The molecule has 4 aromatic heterocycles. The van der Waals surface area contributed by atoms with Gasteiger partial charge in [0.25, 0.3) is 6.33 Å². The standard InChI is InChI=1S/C49H30N4O2.Pt/c1-32-26-27-50-47(28-32)53-41-18-7-5-16-38(41)39-23-22-36(30-44(39)53)54-35-15-11-14-34(29-35)51-31-52(43-20-9-8-19-42(43)51)49-37(33-12-3-2-4-13-33)24-25-46-48(49)40-17-6-10-21-45(40)55-46;/h2-28H,1H3;/q-2;/i1D3;. The van der Waals surface area contributed by atoms with Crippen molar-refractivity contribution in [3.8, 4) is 39.8 Å². The molecule has 0 aliphatic rings. The van der Waals surface area contributed by atoms with Crippen molar-refractivity contribution in [1.29, 1.82) is 0 Å². The van der Waals surface area contributed by atoms with Crippen LogP contribution in [0, 0.1) is 25.3 Å². The van der Waals surface area contributed by atoms with E-state index in [1.165, 1.54) is 12.3 Å². The fourth-order valence-electron chi connectivity index (χ4n) is 7.74. The number of rotatable bonds is 6. The Morgan fingerprint density at radius 2 is 1.46 bits per heavy atom. The number of pyridine rings is 1. The van der Waals surface area contributed by atoms with Crippen LogP contribution in [0.5, 0.6) is 11.5 Å². The van der Waals surface area contributed by atoms with E-state index in [0.29, 0.717) is 22.8 Å². The van der Waals surface area contributed by atoms with Gasteiger partial charge in [0.15, 0.2) is 0 Å². The Kier molecular flexibility index (Phi) is 7.38. The molecule has 7 aromatic carbocycles. The Bertz CT molecular complexity index is 3390. The van der Waals surface area contributed by atoms with Gasteiger partial charge in [0.05, 0.1) is 16.7 Å². The summed E-state index contributed by atoms with van der Waals surface area (Å²) in [6.45, 7) is -2.28. The molecule has 56 heavy (non-hydrogen) atoms. The summed E-state index contributed by atoms with van der Waals surface area (Å²) in [5.41, 5.74) is 9.15. The first-order valence-electron chi connectivity index (χ1n) is 19.5. The van der Waals surface area contributed by atoms with Gasteiger partial charge in [-0.1, -0.05) is 103 Å². The Balaban J connectivity index is 0.00000420. The molecular weight excluding hydrogens is 872 g/mol. The fraction of sp³-hybridized carbons (Fsp3) is 0.0204. The predicted octanol–water partition coefficient (Wildman–Crippen LogP) is 11.5. The Hall–Kier alpha value is -6.75. The molecule has 270 valence electrons. The third kappa shape index (κ3) is 5.44. The minimum absolute atomic E-state index is 0. The number of hydrogen-bond acceptors (Lipinski definition) is 3. The number of furan rings is 1. The largest absolute Gasteiger partial charge is 0.510 e. The molecule has 0 unspecified atom stereocenters. The summed E-state index contributed by atoms with van der Waals surface area (Å²) in [4.78, 5) is 4.59. The van der Waals surface area contributed by atoms with Crippen molar-refractivity contribution in [2.75, 3.05) is 0 Å². The number of ether oxygens (including phenoxy) is 1. The average Bonchev–Trinajstić information content (AvgIpc) is 3.93. The molecule has 11 aromatic rings. The summed E-state index contributed by atoms with van der Waals surface area (Å²) in [5, 5.41) is 3.96. The fourth-order valence-corrected chi connectivity index (χ4v) is 7.74. The van der Waals surface area contributed by atoms with E-state index >= 15 is 0 Å². The van der Waals surface area contributed by atoms with Gasteiger partial charge in [-0.05, 0) is 64.9 Å². The number of para-hydroxylation sites is 4. The summed E-state index contributed by atoms with van der Waals surface area (Å²) < 4.78 is 43.0. The van der Waals surface area contributed by atoms with E-state index in [2.05, 4.69) is 76.5 Å². The molecule has 0 saturated heterocycles. The minimum Gasteiger partial charge on any atom is -0.510 e. The van der Waals surface area contributed by atoms with Crippen LogP contribution < -0.4 is 9.30 Å². The molecule has 11 rings (SSSR count). The minimum atomic E-state index is -2.28. The molecule has 0 aliphatic heterocycles. The first kappa shape index (κ1) is 30.6. The predicted molar refractivity (Wildman–Crippen MR) is 217 cm³/mol. The van der Waals surface area contributed by atoms with Crippen molar-refractivity contribution in [2.45, 2.75) is 6.85 Å². The first-order chi connectivity index (χ1) is 28.4. The second kappa shape index (κ2) is 13.5. The zero-order valence-corrected chi connectivity index (χ0v) is 31.8. The third-order valence-electron chi connectivity index (χ3n) is 10.1. The van der Waals surface area contributed by atoms with Gasteiger partial charge >= 0.3 is 0 Å². The van der Waals surface area contributed by atoms with Crippen LogP contribution >= 0.6 is 0 Å². The number of nitrogens with zero attached hydrogens (tertiary/aromatic N) is 4. The van der Waals surface area contributed by atoms with E-state index in [4.69, 9.17) is 13.3 Å². The Labute approximate surface area is 340 Å². The molecule has 0 amide bonds. The molecule has 0 fully saturated rings. The molecule has 0 atom stereocenters. The number of hydrogen-bond donors (Lipinski definition) is 0. The zero-order chi connectivity index (χ0) is 39.0. The molecule has 4 heterocycles. The maximum absolute atomic E-state index is 8.00. The summed E-state index contributed by atoms with van der Waals surface area (Å²) in [5.74, 6) is 1.45. The summed E-state index contributed by atoms with van der Waals surface area (Å²) in [6.07, 6.45) is 5.23. The number of aromatic nitrogens is 4. The van der Waals surface area contributed by atoms with Crippen molar-refractivity contribution in [3.63, 3.8) is 0 Å². The van der Waals surface area contributed by atoms with Gasteiger partial charge in [-0.2, -0.15) is 18.2 Å². The van der Waals surface area contributed by atoms with Gasteiger partial charge < -0.3 is 18.3 Å². The molecule has 0 spiro atoms. The quantitative estimate of drug-likeness (QED) is 0.123. The van der Waals surface area contributed by atoms with E-state index < -0.39 is 6.85 Å². The number of benzene rings is 7. The van der Waals surface area contributed by atoms with E-state index in [0.717, 1.165) is 71.8 Å². The molecule has 7 heteroatoms. The van der Waals surface area contributed by atoms with Crippen molar-refractivity contribution in [2.24, 2.45) is 0 Å². The van der Waals surface area contributed by atoms with Crippen LogP contribution in [0.4, 0.5) is 0 Å². The van der Waals surface area contributed by atoms with Gasteiger partial charge in [0.2, 0.25) is 0 Å². The first-order valence-corrected chi connectivity index (χ1v) is 18.0. The average molecular weight is 905 g/mol. The van der Waals surface area contributed by atoms with Crippen molar-refractivity contribution in [1.82, 2.24) is 14.1 Å². The van der Waals surface area contributed by atoms with Crippen LogP contribution in [0.25, 0.3) is 83.1 Å². The number of aryl methyl sites for hydroxylation is 1. The maximum Gasteiger partial charge on any atom is 0.268 e. The summed E-state index contributed by atoms with van der Waals surface area (Å²) in [7, 11) is 0. The molecule has 0 bridgehead atoms. The molecule has 0 N–H and O–H groups in total. The van der Waals surface area contributed by atoms with Gasteiger partial charge in [-0.25, -0.2) is 4.98 Å². The normalized spacial score (nSPS) is 12.5. The van der Waals surface area contributed by atoms with Crippen LogP contribution in [0.3, 0.4) is 0 Å². The van der Waals surface area contributed by atoms with Crippen LogP contribution in [0.2, 0.25) is 0 Å². The van der Waals surface area contributed by atoms with Crippen molar-refractivity contribution < 1.29 is 38.9 Å².